The summed E-state index contributed by atoms with van der Waals surface area (Å²) in [6.45, 7) is 5.44. The Labute approximate surface area is 94.2 Å². The van der Waals surface area contributed by atoms with Crippen LogP contribution in [0, 0.1) is 5.92 Å². The van der Waals surface area contributed by atoms with Crippen molar-refractivity contribution in [1.29, 1.82) is 0 Å². The van der Waals surface area contributed by atoms with Gasteiger partial charge in [-0.25, -0.2) is 4.79 Å². The molecule has 0 aromatic rings. The molecular weight excluding hydrogens is 210 g/mol. The summed E-state index contributed by atoms with van der Waals surface area (Å²) in [5.41, 5.74) is 4.69. The third-order valence-electron chi connectivity index (χ3n) is 2.39. The number of hydrogen-bond donors (Lipinski definition) is 2. The maximum Gasteiger partial charge on any atom is 0.331 e. The quantitative estimate of drug-likeness (QED) is 0.640. The summed E-state index contributed by atoms with van der Waals surface area (Å²) >= 11 is 0. The molecule has 3 N–H and O–H groups in total. The highest BCUT2D eigenvalue weighted by Gasteiger charge is 2.44. The van der Waals surface area contributed by atoms with E-state index in [1.165, 1.54) is 0 Å². The van der Waals surface area contributed by atoms with Crippen molar-refractivity contribution >= 4 is 17.8 Å². The molecule has 16 heavy (non-hydrogen) atoms. The fourth-order valence-electron chi connectivity index (χ4n) is 1.67. The van der Waals surface area contributed by atoms with Gasteiger partial charge < -0.3 is 5.73 Å². The maximum absolute atomic E-state index is 12.0. The van der Waals surface area contributed by atoms with Crippen LogP contribution < -0.4 is 11.1 Å². The number of nitrogens with one attached hydrogen (secondary N) is 1. The van der Waals surface area contributed by atoms with Crippen LogP contribution in [0.4, 0.5) is 4.79 Å². The monoisotopic (exact) mass is 227 g/mol. The summed E-state index contributed by atoms with van der Waals surface area (Å²) in [6, 6.07) is -0.657. The number of nitrogens with zero attached hydrogens (tertiary/aromatic N) is 1. The summed E-state index contributed by atoms with van der Waals surface area (Å²) in [6.07, 6.45) is 0.254. The molecule has 0 radical (unpaired) electrons. The van der Waals surface area contributed by atoms with Crippen LogP contribution in [0.2, 0.25) is 0 Å². The maximum atomic E-state index is 12.0. The lowest BCUT2D eigenvalue weighted by atomic mass is 9.96. The van der Waals surface area contributed by atoms with E-state index < -0.39 is 29.3 Å². The van der Waals surface area contributed by atoms with Crippen LogP contribution in [0.25, 0.3) is 0 Å². The molecule has 0 saturated carbocycles. The van der Waals surface area contributed by atoms with E-state index >= 15 is 0 Å². The van der Waals surface area contributed by atoms with Crippen LogP contribution in [-0.4, -0.2) is 34.8 Å². The topological polar surface area (TPSA) is 92.5 Å². The first-order valence-electron chi connectivity index (χ1n) is 5.18. The second-order valence-corrected chi connectivity index (χ2v) is 4.77. The summed E-state index contributed by atoms with van der Waals surface area (Å²) < 4.78 is 0. The van der Waals surface area contributed by atoms with Crippen LogP contribution >= 0.6 is 0 Å². The standard InChI is InChI=1S/C10H17N3O3/c1-10(2,3)13-8(15)6(4-5-11)7(14)12-9(13)16/h6H,4-5,11H2,1-3H3,(H,12,14,16). The SMILES string of the molecule is CC(C)(C)N1C(=O)NC(=O)C(CCN)C1=O. The lowest BCUT2D eigenvalue weighted by molar-refractivity contribution is -0.145. The minimum Gasteiger partial charge on any atom is -0.330 e. The van der Waals surface area contributed by atoms with Crippen molar-refractivity contribution in [3.8, 4) is 0 Å². The van der Waals surface area contributed by atoms with Crippen LogP contribution in [-0.2, 0) is 9.59 Å². The molecule has 1 heterocycles. The van der Waals surface area contributed by atoms with Gasteiger partial charge in [0.25, 0.3) is 0 Å². The van der Waals surface area contributed by atoms with E-state index in [9.17, 15) is 14.4 Å². The number of carbonyl (C=O) groups is 3. The number of rotatable bonds is 2. The Morgan fingerprint density at radius 3 is 2.31 bits per heavy atom. The Morgan fingerprint density at radius 1 is 1.31 bits per heavy atom. The van der Waals surface area contributed by atoms with Gasteiger partial charge >= 0.3 is 6.03 Å². The molecule has 6 heteroatoms. The molecular formula is C10H17N3O3. The third-order valence-corrected chi connectivity index (χ3v) is 2.39. The first-order valence-corrected chi connectivity index (χ1v) is 5.18. The van der Waals surface area contributed by atoms with E-state index in [0.717, 1.165) is 4.90 Å². The van der Waals surface area contributed by atoms with Gasteiger partial charge in [0.1, 0.15) is 5.92 Å². The first-order chi connectivity index (χ1) is 7.29. The van der Waals surface area contributed by atoms with E-state index in [1.54, 1.807) is 20.8 Å². The predicted molar refractivity (Wildman–Crippen MR) is 57.3 cm³/mol. The van der Waals surface area contributed by atoms with Crippen LogP contribution in [0.1, 0.15) is 27.2 Å². The number of carbonyl (C=O) groups excluding carboxylic acids is 3. The van der Waals surface area contributed by atoms with Gasteiger partial charge in [0, 0.05) is 5.54 Å². The van der Waals surface area contributed by atoms with Crippen molar-refractivity contribution in [2.75, 3.05) is 6.54 Å². The highest BCUT2D eigenvalue weighted by Crippen LogP contribution is 2.22. The van der Waals surface area contributed by atoms with Gasteiger partial charge in [-0.3, -0.25) is 19.8 Å². The van der Waals surface area contributed by atoms with Gasteiger partial charge in [-0.05, 0) is 33.7 Å². The van der Waals surface area contributed by atoms with E-state index in [1.807, 2.05) is 0 Å². The first kappa shape index (κ1) is 12.6. The molecule has 1 aliphatic rings. The number of amides is 4. The number of hydrogen-bond acceptors (Lipinski definition) is 4. The van der Waals surface area contributed by atoms with E-state index in [4.69, 9.17) is 5.73 Å². The largest absolute Gasteiger partial charge is 0.331 e. The average Bonchev–Trinajstić information content (AvgIpc) is 2.09. The Morgan fingerprint density at radius 2 is 1.88 bits per heavy atom. The predicted octanol–water partition coefficient (Wildman–Crippen LogP) is -0.172. The molecule has 1 saturated heterocycles. The lowest BCUT2D eigenvalue weighted by Crippen LogP contribution is -2.63. The fraction of sp³-hybridized carbons (Fsp3) is 0.700. The summed E-state index contributed by atoms with van der Waals surface area (Å²) in [5.74, 6) is -1.87. The van der Waals surface area contributed by atoms with Crippen molar-refractivity contribution < 1.29 is 14.4 Å². The van der Waals surface area contributed by atoms with Gasteiger partial charge in [0.2, 0.25) is 11.8 Å². The molecule has 1 rings (SSSR count). The highest BCUT2D eigenvalue weighted by molar-refractivity contribution is 6.16. The zero-order valence-corrected chi connectivity index (χ0v) is 9.74. The number of nitrogens with two attached hydrogens (primary N) is 1. The fourth-order valence-corrected chi connectivity index (χ4v) is 1.67. The van der Waals surface area contributed by atoms with Crippen molar-refractivity contribution in [2.45, 2.75) is 32.7 Å². The van der Waals surface area contributed by atoms with Gasteiger partial charge in [-0.2, -0.15) is 0 Å². The molecule has 0 aromatic heterocycles. The highest BCUT2D eigenvalue weighted by atomic mass is 16.2. The van der Waals surface area contributed by atoms with Crippen LogP contribution in [0.3, 0.4) is 0 Å². The van der Waals surface area contributed by atoms with Gasteiger partial charge in [0.05, 0.1) is 0 Å². The van der Waals surface area contributed by atoms with Crippen LogP contribution in [0.15, 0.2) is 0 Å². The number of imide groups is 2. The van der Waals surface area contributed by atoms with Crippen LogP contribution in [0.5, 0.6) is 0 Å². The van der Waals surface area contributed by atoms with E-state index in [2.05, 4.69) is 5.32 Å². The Kier molecular flexibility index (Phi) is 3.32. The minimum absolute atomic E-state index is 0.232. The Balaban J connectivity index is 2.99. The summed E-state index contributed by atoms with van der Waals surface area (Å²) in [5, 5.41) is 2.17. The molecule has 90 valence electrons. The molecule has 1 atom stereocenters. The van der Waals surface area contributed by atoms with Crippen molar-refractivity contribution in [3.63, 3.8) is 0 Å². The second kappa shape index (κ2) is 4.21. The zero-order chi connectivity index (χ0) is 12.5. The Hall–Kier alpha value is -1.43. The van der Waals surface area contributed by atoms with Gasteiger partial charge in [-0.1, -0.05) is 0 Å². The van der Waals surface area contributed by atoms with E-state index in [0.29, 0.717) is 0 Å². The molecule has 0 aliphatic carbocycles. The Bertz CT molecular complexity index is 333. The third kappa shape index (κ3) is 2.21. The lowest BCUT2D eigenvalue weighted by Gasteiger charge is -2.38. The number of barbiturate groups is 1. The molecule has 6 nitrogen and oxygen atoms in total. The minimum atomic E-state index is -0.845. The molecule has 0 aromatic carbocycles. The average molecular weight is 227 g/mol. The van der Waals surface area contributed by atoms with Crippen molar-refractivity contribution in [3.05, 3.63) is 0 Å². The van der Waals surface area contributed by atoms with E-state index in [-0.39, 0.29) is 13.0 Å². The molecule has 0 spiro atoms. The van der Waals surface area contributed by atoms with Crippen molar-refractivity contribution in [2.24, 2.45) is 11.7 Å². The molecule has 1 fully saturated rings. The summed E-state index contributed by atoms with van der Waals surface area (Å²) in [7, 11) is 0. The zero-order valence-electron chi connectivity index (χ0n) is 9.74. The van der Waals surface area contributed by atoms with Gasteiger partial charge in [-0.15, -0.1) is 0 Å². The number of urea groups is 1. The smallest absolute Gasteiger partial charge is 0.330 e. The molecule has 1 aliphatic heterocycles. The summed E-state index contributed by atoms with van der Waals surface area (Å²) in [4.78, 5) is 36.0. The normalized spacial score (nSPS) is 22.4. The molecule has 0 bridgehead atoms. The molecule has 4 amide bonds. The van der Waals surface area contributed by atoms with Crippen molar-refractivity contribution in [1.82, 2.24) is 10.2 Å². The van der Waals surface area contributed by atoms with Gasteiger partial charge in [0.15, 0.2) is 0 Å². The molecule has 1 unspecified atom stereocenters. The second-order valence-electron chi connectivity index (χ2n) is 4.77.